The van der Waals surface area contributed by atoms with Gasteiger partial charge < -0.3 is 10.8 Å². The van der Waals surface area contributed by atoms with Gasteiger partial charge in [-0.2, -0.15) is 11.8 Å². The summed E-state index contributed by atoms with van der Waals surface area (Å²) in [6.45, 7) is 0. The van der Waals surface area contributed by atoms with Gasteiger partial charge in [0, 0.05) is 12.8 Å². The molecule has 1 amide bonds. The van der Waals surface area contributed by atoms with Gasteiger partial charge in [-0.3, -0.25) is 9.59 Å². The van der Waals surface area contributed by atoms with Gasteiger partial charge in [0.05, 0.1) is 0 Å². The minimum atomic E-state index is -0.702. The van der Waals surface area contributed by atoms with Crippen molar-refractivity contribution in [3.63, 3.8) is 0 Å². The highest BCUT2D eigenvalue weighted by Gasteiger charge is 1.97. The van der Waals surface area contributed by atoms with Gasteiger partial charge in [0.2, 0.25) is 5.91 Å². The van der Waals surface area contributed by atoms with Gasteiger partial charge in [-0.25, -0.2) is 0 Å². The van der Waals surface area contributed by atoms with Gasteiger partial charge in [-0.1, -0.05) is 12.8 Å². The van der Waals surface area contributed by atoms with Crippen molar-refractivity contribution in [1.29, 1.82) is 0 Å². The third kappa shape index (κ3) is 15.3. The largest absolute Gasteiger partial charge is 0.481 e. The van der Waals surface area contributed by atoms with Crippen LogP contribution in [0.4, 0.5) is 0 Å². The van der Waals surface area contributed by atoms with Gasteiger partial charge in [0.15, 0.2) is 0 Å². The molecule has 3 N–H and O–H groups in total. The quantitative estimate of drug-likeness (QED) is 0.529. The Kier molecular flexibility index (Phi) is 11.3. The van der Waals surface area contributed by atoms with Crippen LogP contribution in [0.3, 0.4) is 0 Å². The Morgan fingerprint density at radius 2 is 1.41 bits per heavy atom. The second kappa shape index (κ2) is 11.8. The summed E-state index contributed by atoms with van der Waals surface area (Å²) in [6, 6.07) is 0. The van der Waals surface area contributed by atoms with Crippen molar-refractivity contribution in [3.8, 4) is 0 Å². The van der Waals surface area contributed by atoms with Crippen LogP contribution in [0, 0.1) is 0 Å². The second-order valence-electron chi connectivity index (χ2n) is 4.09. The molecule has 0 unspecified atom stereocenters. The standard InChI is InChI=1S/C12H23NO3S/c13-11(14)7-3-1-5-9-17-10-6-2-4-8-12(15)16/h1-10H2,(H2,13,14)(H,15,16). The molecule has 0 saturated carbocycles. The summed E-state index contributed by atoms with van der Waals surface area (Å²) in [7, 11) is 0. The zero-order valence-corrected chi connectivity index (χ0v) is 11.1. The predicted molar refractivity (Wildman–Crippen MR) is 71.1 cm³/mol. The summed E-state index contributed by atoms with van der Waals surface area (Å²) >= 11 is 1.91. The van der Waals surface area contributed by atoms with E-state index in [9.17, 15) is 9.59 Å². The number of carbonyl (C=O) groups excluding carboxylic acids is 1. The van der Waals surface area contributed by atoms with E-state index in [0.717, 1.165) is 50.0 Å². The van der Waals surface area contributed by atoms with Crippen molar-refractivity contribution in [1.82, 2.24) is 0 Å². The van der Waals surface area contributed by atoms with E-state index in [2.05, 4.69) is 0 Å². The molecular formula is C12H23NO3S. The highest BCUT2D eigenvalue weighted by molar-refractivity contribution is 7.99. The van der Waals surface area contributed by atoms with Gasteiger partial charge in [0.25, 0.3) is 0 Å². The molecule has 100 valence electrons. The van der Waals surface area contributed by atoms with E-state index in [1.165, 1.54) is 0 Å². The van der Waals surface area contributed by atoms with Crippen LogP contribution in [0.2, 0.25) is 0 Å². The number of carboxylic acids is 1. The molecule has 0 aromatic carbocycles. The molecule has 0 aliphatic heterocycles. The zero-order valence-electron chi connectivity index (χ0n) is 10.3. The number of primary amides is 1. The molecule has 5 heteroatoms. The third-order valence-corrected chi connectivity index (χ3v) is 3.55. The van der Waals surface area contributed by atoms with Crippen LogP contribution in [-0.4, -0.2) is 28.5 Å². The molecule has 0 spiro atoms. The van der Waals surface area contributed by atoms with Crippen LogP contribution in [0.15, 0.2) is 0 Å². The first-order valence-corrected chi connectivity index (χ1v) is 7.36. The number of hydrogen-bond donors (Lipinski definition) is 2. The Bertz CT molecular complexity index is 200. The first kappa shape index (κ1) is 16.3. The third-order valence-electron chi connectivity index (χ3n) is 2.39. The molecule has 0 aliphatic rings. The number of nitrogens with two attached hydrogens (primary N) is 1. The molecule has 0 radical (unpaired) electrons. The molecule has 0 heterocycles. The number of carboxylic acid groups (broad SMARTS) is 1. The minimum Gasteiger partial charge on any atom is -0.481 e. The molecular weight excluding hydrogens is 238 g/mol. The lowest BCUT2D eigenvalue weighted by Crippen LogP contribution is -2.09. The summed E-state index contributed by atoms with van der Waals surface area (Å²) in [6.07, 6.45) is 6.77. The molecule has 0 fully saturated rings. The Labute approximate surface area is 107 Å². The number of amides is 1. The number of hydrogen-bond acceptors (Lipinski definition) is 3. The maximum atomic E-state index is 10.5. The number of carbonyl (C=O) groups is 2. The average Bonchev–Trinajstić information content (AvgIpc) is 2.25. The maximum Gasteiger partial charge on any atom is 0.303 e. The molecule has 0 bridgehead atoms. The fraction of sp³-hybridized carbons (Fsp3) is 0.833. The molecule has 0 rings (SSSR count). The number of unbranched alkanes of at least 4 members (excludes halogenated alkanes) is 4. The maximum absolute atomic E-state index is 10.5. The number of rotatable bonds is 12. The fourth-order valence-corrected chi connectivity index (χ4v) is 2.46. The van der Waals surface area contributed by atoms with E-state index < -0.39 is 5.97 Å². The van der Waals surface area contributed by atoms with E-state index in [1.54, 1.807) is 0 Å². The van der Waals surface area contributed by atoms with Crippen molar-refractivity contribution >= 4 is 23.6 Å². The Morgan fingerprint density at radius 1 is 0.882 bits per heavy atom. The van der Waals surface area contributed by atoms with E-state index in [1.807, 2.05) is 11.8 Å². The van der Waals surface area contributed by atoms with Crippen molar-refractivity contribution < 1.29 is 14.7 Å². The summed E-state index contributed by atoms with van der Waals surface area (Å²) in [4.78, 5) is 20.7. The monoisotopic (exact) mass is 261 g/mol. The van der Waals surface area contributed by atoms with Crippen LogP contribution in [0.5, 0.6) is 0 Å². The molecule has 0 aromatic rings. The normalized spacial score (nSPS) is 10.4. The summed E-state index contributed by atoms with van der Waals surface area (Å²) < 4.78 is 0. The average molecular weight is 261 g/mol. The van der Waals surface area contributed by atoms with Crippen molar-refractivity contribution in [2.75, 3.05) is 11.5 Å². The molecule has 0 aliphatic carbocycles. The lowest BCUT2D eigenvalue weighted by molar-refractivity contribution is -0.137. The van der Waals surface area contributed by atoms with Gasteiger partial charge >= 0.3 is 5.97 Å². The first-order chi connectivity index (χ1) is 8.13. The van der Waals surface area contributed by atoms with Crippen LogP contribution >= 0.6 is 11.8 Å². The van der Waals surface area contributed by atoms with Crippen LogP contribution < -0.4 is 5.73 Å². The van der Waals surface area contributed by atoms with E-state index in [-0.39, 0.29) is 12.3 Å². The van der Waals surface area contributed by atoms with Gasteiger partial charge in [-0.05, 0) is 37.2 Å². The lowest BCUT2D eigenvalue weighted by Gasteiger charge is -2.01. The summed E-state index contributed by atoms with van der Waals surface area (Å²) in [5.41, 5.74) is 5.04. The fourth-order valence-electron chi connectivity index (χ4n) is 1.44. The Morgan fingerprint density at radius 3 is 1.88 bits per heavy atom. The topological polar surface area (TPSA) is 80.4 Å². The molecule has 0 saturated heterocycles. The zero-order chi connectivity index (χ0) is 12.9. The van der Waals surface area contributed by atoms with Gasteiger partial charge in [0.1, 0.15) is 0 Å². The Balaban J connectivity index is 2.98. The lowest BCUT2D eigenvalue weighted by atomic mass is 10.2. The SMILES string of the molecule is NC(=O)CCCCCSCCCCCC(=O)O. The second-order valence-corrected chi connectivity index (χ2v) is 5.32. The van der Waals surface area contributed by atoms with Gasteiger partial charge in [-0.15, -0.1) is 0 Å². The highest BCUT2D eigenvalue weighted by Crippen LogP contribution is 2.11. The number of thioether (sulfide) groups is 1. The van der Waals surface area contributed by atoms with Crippen LogP contribution in [0.1, 0.15) is 51.4 Å². The molecule has 4 nitrogen and oxygen atoms in total. The first-order valence-electron chi connectivity index (χ1n) is 6.20. The van der Waals surface area contributed by atoms with Crippen molar-refractivity contribution in [2.24, 2.45) is 5.73 Å². The van der Waals surface area contributed by atoms with Crippen LogP contribution in [0.25, 0.3) is 0 Å². The molecule has 17 heavy (non-hydrogen) atoms. The van der Waals surface area contributed by atoms with E-state index in [0.29, 0.717) is 6.42 Å². The number of aliphatic carboxylic acids is 1. The van der Waals surface area contributed by atoms with E-state index in [4.69, 9.17) is 10.8 Å². The molecule has 0 atom stereocenters. The summed E-state index contributed by atoms with van der Waals surface area (Å²) in [5, 5.41) is 8.44. The van der Waals surface area contributed by atoms with Crippen LogP contribution in [-0.2, 0) is 9.59 Å². The Hall–Kier alpha value is -0.710. The van der Waals surface area contributed by atoms with E-state index >= 15 is 0 Å². The van der Waals surface area contributed by atoms with Crippen molar-refractivity contribution in [2.45, 2.75) is 51.4 Å². The predicted octanol–water partition coefficient (Wildman–Crippen LogP) is 2.41. The van der Waals surface area contributed by atoms with Crippen molar-refractivity contribution in [3.05, 3.63) is 0 Å². The molecule has 0 aromatic heterocycles. The highest BCUT2D eigenvalue weighted by atomic mass is 32.2. The summed E-state index contributed by atoms with van der Waals surface area (Å²) in [5.74, 6) is 1.32. The minimum absolute atomic E-state index is 0.212. The smallest absolute Gasteiger partial charge is 0.303 e.